The molecule has 0 amide bonds. The molecule has 4 heteroatoms. The maximum atomic E-state index is 12.1. The van der Waals surface area contributed by atoms with Crippen LogP contribution in [0.1, 0.15) is 5.56 Å². The maximum Gasteiger partial charge on any atom is 0.310 e. The number of nitrogens with zero attached hydrogens (tertiary/aromatic N) is 2. The molecule has 0 spiro atoms. The molecule has 0 saturated carbocycles. The van der Waals surface area contributed by atoms with Gasteiger partial charge in [0.25, 0.3) is 0 Å². The van der Waals surface area contributed by atoms with Gasteiger partial charge in [-0.25, -0.2) is 9.24 Å². The van der Waals surface area contributed by atoms with Gasteiger partial charge in [-0.1, -0.05) is 30.3 Å². The maximum absolute atomic E-state index is 12.1. The zero-order valence-electron chi connectivity index (χ0n) is 9.31. The van der Waals surface area contributed by atoms with Gasteiger partial charge in [0, 0.05) is 5.56 Å². The van der Waals surface area contributed by atoms with E-state index in [1.165, 1.54) is 5.56 Å². The van der Waals surface area contributed by atoms with Crippen molar-refractivity contribution in [2.75, 3.05) is 27.2 Å². The highest BCUT2D eigenvalue weighted by Gasteiger charge is 2.38. The summed E-state index contributed by atoms with van der Waals surface area (Å²) in [5, 5.41) is 0. The van der Waals surface area contributed by atoms with Crippen LogP contribution in [0.2, 0.25) is 0 Å². The van der Waals surface area contributed by atoms with Gasteiger partial charge >= 0.3 is 8.10 Å². The predicted molar refractivity (Wildman–Crippen MR) is 62.8 cm³/mol. The molecular weight excluding hydrogens is 207 g/mol. The second-order valence-corrected chi connectivity index (χ2v) is 6.88. The fourth-order valence-corrected chi connectivity index (χ4v) is 3.83. The third-order valence-corrected chi connectivity index (χ3v) is 5.27. The first-order valence-corrected chi connectivity index (χ1v) is 6.56. The summed E-state index contributed by atoms with van der Waals surface area (Å²) in [4.78, 5) is 0. The van der Waals surface area contributed by atoms with E-state index >= 15 is 0 Å². The van der Waals surface area contributed by atoms with Crippen LogP contribution in [0.25, 0.3) is 0 Å². The van der Waals surface area contributed by atoms with Gasteiger partial charge in [-0.05, 0) is 7.05 Å². The Morgan fingerprint density at radius 1 is 1.40 bits per heavy atom. The van der Waals surface area contributed by atoms with Crippen LogP contribution in [-0.2, 0) is 11.1 Å². The lowest BCUT2D eigenvalue weighted by molar-refractivity contribution is -0.794. The number of quaternary nitrogens is 1. The van der Waals surface area contributed by atoms with Crippen LogP contribution in [0, 0.1) is 0 Å². The van der Waals surface area contributed by atoms with Gasteiger partial charge in [-0.2, -0.15) is 0 Å². The molecule has 1 fully saturated rings. The molecule has 1 heterocycles. The van der Waals surface area contributed by atoms with Crippen molar-refractivity contribution in [3.05, 3.63) is 35.9 Å². The minimum Gasteiger partial charge on any atom is -0.271 e. The highest BCUT2D eigenvalue weighted by Crippen LogP contribution is 2.43. The Morgan fingerprint density at radius 2 is 2.07 bits per heavy atom. The van der Waals surface area contributed by atoms with Crippen molar-refractivity contribution in [2.45, 2.75) is 6.54 Å². The van der Waals surface area contributed by atoms with Crippen molar-refractivity contribution in [1.82, 2.24) is 4.67 Å². The molecule has 2 unspecified atom stereocenters. The highest BCUT2D eigenvalue weighted by atomic mass is 31.1. The van der Waals surface area contributed by atoms with Gasteiger partial charge < -0.3 is 0 Å². The van der Waals surface area contributed by atoms with E-state index in [9.17, 15) is 4.57 Å². The van der Waals surface area contributed by atoms with Crippen molar-refractivity contribution >= 4 is 8.10 Å². The molecule has 0 aromatic heterocycles. The fourth-order valence-electron chi connectivity index (χ4n) is 2.11. The van der Waals surface area contributed by atoms with Gasteiger partial charge in [0.05, 0.1) is 20.1 Å². The predicted octanol–water partition coefficient (Wildman–Crippen LogP) is 1.97. The molecule has 0 bridgehead atoms. The first-order valence-electron chi connectivity index (χ1n) is 5.26. The van der Waals surface area contributed by atoms with E-state index in [1.807, 2.05) is 29.9 Å². The minimum atomic E-state index is -1.65. The summed E-state index contributed by atoms with van der Waals surface area (Å²) in [6, 6.07) is 10.3. The zero-order valence-corrected chi connectivity index (χ0v) is 10.3. The van der Waals surface area contributed by atoms with Gasteiger partial charge in [0.1, 0.15) is 6.54 Å². The average molecular weight is 225 g/mol. The molecule has 1 aliphatic heterocycles. The third kappa shape index (κ3) is 2.15. The van der Waals surface area contributed by atoms with E-state index in [4.69, 9.17) is 0 Å². The van der Waals surface area contributed by atoms with Crippen molar-refractivity contribution < 1.29 is 8.82 Å². The van der Waals surface area contributed by atoms with Crippen LogP contribution in [0.15, 0.2) is 30.3 Å². The Morgan fingerprint density at radius 3 is 2.60 bits per heavy atom. The first-order chi connectivity index (χ1) is 7.12. The number of benzene rings is 1. The van der Waals surface area contributed by atoms with Gasteiger partial charge in [-0.3, -0.25) is 4.25 Å². The summed E-state index contributed by atoms with van der Waals surface area (Å²) in [5.41, 5.74) is 1.27. The molecule has 2 atom stereocenters. The molecule has 1 aromatic carbocycles. The summed E-state index contributed by atoms with van der Waals surface area (Å²) in [7, 11) is 2.40. The lowest BCUT2D eigenvalue weighted by Gasteiger charge is -2.28. The van der Waals surface area contributed by atoms with Gasteiger partial charge in [0.15, 0.2) is 0 Å². The Balaban J connectivity index is 2.15. The quantitative estimate of drug-likeness (QED) is 0.717. The number of hydrogen-bond donors (Lipinski definition) is 0. The monoisotopic (exact) mass is 225 g/mol. The fraction of sp³-hybridized carbons (Fsp3) is 0.455. The number of likely N-dealkylation sites (N-methyl/N-ethyl adjacent to an activating group) is 2. The standard InChI is InChI=1S/C11H18N2OP/c1-12-8-9-13(2,15(12)14)10-11-6-4-3-5-7-11/h3-7,15H,8-10H2,1-2H3/q+1. The molecule has 0 N–H and O–H groups in total. The van der Waals surface area contributed by atoms with Crippen molar-refractivity contribution in [3.8, 4) is 0 Å². The highest BCUT2D eigenvalue weighted by molar-refractivity contribution is 7.35. The van der Waals surface area contributed by atoms with E-state index < -0.39 is 8.10 Å². The molecule has 15 heavy (non-hydrogen) atoms. The SMILES string of the molecule is CN1CC[N+](C)(Cc2ccccc2)[PH]1=O. The summed E-state index contributed by atoms with van der Waals surface area (Å²) in [6.07, 6.45) is 0. The van der Waals surface area contributed by atoms with E-state index in [2.05, 4.69) is 19.2 Å². The smallest absolute Gasteiger partial charge is 0.271 e. The van der Waals surface area contributed by atoms with Crippen LogP contribution in [0.3, 0.4) is 0 Å². The lowest BCUT2D eigenvalue weighted by Crippen LogP contribution is -2.33. The minimum absolute atomic E-state index is 0.686. The number of rotatable bonds is 2. The van der Waals surface area contributed by atoms with Crippen LogP contribution in [0.4, 0.5) is 0 Å². The van der Waals surface area contributed by atoms with E-state index in [1.54, 1.807) is 0 Å². The lowest BCUT2D eigenvalue weighted by atomic mass is 10.2. The average Bonchev–Trinajstić information content (AvgIpc) is 2.48. The van der Waals surface area contributed by atoms with E-state index in [0.29, 0.717) is 4.25 Å². The molecule has 1 aliphatic rings. The molecule has 1 saturated heterocycles. The van der Waals surface area contributed by atoms with Crippen LogP contribution >= 0.6 is 8.10 Å². The second kappa shape index (κ2) is 4.09. The van der Waals surface area contributed by atoms with Crippen molar-refractivity contribution in [1.29, 1.82) is 0 Å². The van der Waals surface area contributed by atoms with Crippen LogP contribution in [0.5, 0.6) is 0 Å². The Hall–Kier alpha value is -0.630. The molecule has 2 rings (SSSR count). The van der Waals surface area contributed by atoms with Crippen molar-refractivity contribution in [3.63, 3.8) is 0 Å². The Labute approximate surface area is 91.8 Å². The van der Waals surface area contributed by atoms with Crippen molar-refractivity contribution in [2.24, 2.45) is 0 Å². The van der Waals surface area contributed by atoms with Crippen LogP contribution < -0.4 is 0 Å². The molecule has 0 radical (unpaired) electrons. The number of hydrogen-bond acceptors (Lipinski definition) is 1. The molecule has 82 valence electrons. The van der Waals surface area contributed by atoms with Gasteiger partial charge in [-0.15, -0.1) is 0 Å². The van der Waals surface area contributed by atoms with E-state index in [0.717, 1.165) is 19.6 Å². The summed E-state index contributed by atoms with van der Waals surface area (Å²) in [6.45, 7) is 2.81. The topological polar surface area (TPSA) is 20.3 Å². The Kier molecular flexibility index (Phi) is 2.96. The molecular formula is C11H18N2OP+. The zero-order chi connectivity index (χ0) is 10.9. The normalized spacial score (nSPS) is 32.0. The summed E-state index contributed by atoms with van der Waals surface area (Å²) < 4.78 is 14.8. The third-order valence-electron chi connectivity index (χ3n) is 3.09. The Bertz CT molecular complexity index is 368. The first kappa shape index (κ1) is 10.9. The van der Waals surface area contributed by atoms with Crippen LogP contribution in [-0.4, -0.2) is 36.1 Å². The molecule has 1 aromatic rings. The summed E-state index contributed by atoms with van der Waals surface area (Å²) >= 11 is 0. The second-order valence-electron chi connectivity index (χ2n) is 4.47. The molecule has 0 aliphatic carbocycles. The largest absolute Gasteiger partial charge is 0.310 e. The van der Waals surface area contributed by atoms with Gasteiger partial charge in [0.2, 0.25) is 0 Å². The van der Waals surface area contributed by atoms with E-state index in [-0.39, 0.29) is 0 Å². The summed E-state index contributed by atoms with van der Waals surface area (Å²) in [5.74, 6) is 0. The molecule has 3 nitrogen and oxygen atoms in total.